The molecule has 5 heteroatoms. The second-order valence-electron chi connectivity index (χ2n) is 7.02. The van der Waals surface area contributed by atoms with Crippen molar-refractivity contribution in [2.75, 3.05) is 18.0 Å². The third kappa shape index (κ3) is 4.60. The maximum atomic E-state index is 5.89. The molecule has 4 rings (SSSR count). The van der Waals surface area contributed by atoms with Gasteiger partial charge in [-0.1, -0.05) is 30.7 Å². The molecule has 4 nitrogen and oxygen atoms in total. The van der Waals surface area contributed by atoms with Gasteiger partial charge in [0.25, 0.3) is 0 Å². The normalized spacial score (nSPS) is 18.3. The summed E-state index contributed by atoms with van der Waals surface area (Å²) in [6, 6.07) is 16.1. The molecule has 1 aliphatic rings. The first kappa shape index (κ1) is 18.7. The van der Waals surface area contributed by atoms with Crippen LogP contribution in [0.25, 0.3) is 6.08 Å². The predicted octanol–water partition coefficient (Wildman–Crippen LogP) is 5.96. The number of hydrogen-bond donors (Lipinski definition) is 0. The summed E-state index contributed by atoms with van der Waals surface area (Å²) in [7, 11) is 0. The second kappa shape index (κ2) is 8.57. The van der Waals surface area contributed by atoms with E-state index in [0.717, 1.165) is 35.3 Å². The molecular weight excluding hydrogens is 414 g/mol. The molecule has 1 aliphatic heterocycles. The SMILES string of the molecule is CC1CN(c2cccnc2)CCC1=Cc1cccc(Oc2ccc(Br)cn2)c1. The maximum Gasteiger partial charge on any atom is 0.219 e. The van der Waals surface area contributed by atoms with Crippen molar-refractivity contribution >= 4 is 27.7 Å². The Labute approximate surface area is 174 Å². The summed E-state index contributed by atoms with van der Waals surface area (Å²) >= 11 is 3.39. The van der Waals surface area contributed by atoms with Crippen LogP contribution >= 0.6 is 15.9 Å². The van der Waals surface area contributed by atoms with Crippen molar-refractivity contribution in [3.05, 3.63) is 82.7 Å². The van der Waals surface area contributed by atoms with Crippen LogP contribution in [0.3, 0.4) is 0 Å². The van der Waals surface area contributed by atoms with Crippen molar-refractivity contribution in [3.8, 4) is 11.6 Å². The van der Waals surface area contributed by atoms with Crippen LogP contribution in [-0.2, 0) is 0 Å². The number of pyridine rings is 2. The van der Waals surface area contributed by atoms with E-state index < -0.39 is 0 Å². The summed E-state index contributed by atoms with van der Waals surface area (Å²) in [5.74, 6) is 1.88. The number of ether oxygens (including phenoxy) is 1. The van der Waals surface area contributed by atoms with E-state index in [1.54, 1.807) is 6.20 Å². The Kier molecular flexibility index (Phi) is 5.72. The first-order chi connectivity index (χ1) is 13.7. The van der Waals surface area contributed by atoms with Gasteiger partial charge < -0.3 is 9.64 Å². The van der Waals surface area contributed by atoms with E-state index in [1.807, 2.05) is 42.7 Å². The fraction of sp³-hybridized carbons (Fsp3) is 0.217. The quantitative estimate of drug-likeness (QED) is 0.506. The Hall–Kier alpha value is -2.66. The minimum absolute atomic E-state index is 0.492. The molecule has 3 aromatic rings. The van der Waals surface area contributed by atoms with Crippen LogP contribution in [0.5, 0.6) is 11.6 Å². The highest BCUT2D eigenvalue weighted by molar-refractivity contribution is 9.10. The third-order valence-electron chi connectivity index (χ3n) is 4.94. The Morgan fingerprint density at radius 2 is 2.07 bits per heavy atom. The topological polar surface area (TPSA) is 38.2 Å². The van der Waals surface area contributed by atoms with Crippen LogP contribution in [0.15, 0.2) is 77.2 Å². The summed E-state index contributed by atoms with van der Waals surface area (Å²) in [5.41, 5.74) is 3.83. The Morgan fingerprint density at radius 3 is 2.82 bits per heavy atom. The number of rotatable bonds is 4. The first-order valence-corrected chi connectivity index (χ1v) is 10.2. The third-order valence-corrected chi connectivity index (χ3v) is 5.41. The van der Waals surface area contributed by atoms with Crippen molar-refractivity contribution in [1.82, 2.24) is 9.97 Å². The molecule has 0 amide bonds. The molecule has 1 atom stereocenters. The molecule has 1 unspecified atom stereocenters. The van der Waals surface area contributed by atoms with E-state index in [1.165, 1.54) is 11.3 Å². The number of piperidine rings is 1. The van der Waals surface area contributed by atoms with Crippen LogP contribution < -0.4 is 9.64 Å². The summed E-state index contributed by atoms with van der Waals surface area (Å²) in [6.45, 7) is 4.32. The van der Waals surface area contributed by atoms with E-state index in [0.29, 0.717) is 11.8 Å². The highest BCUT2D eigenvalue weighted by Gasteiger charge is 2.21. The number of benzene rings is 1. The fourth-order valence-electron chi connectivity index (χ4n) is 3.46. The highest BCUT2D eigenvalue weighted by atomic mass is 79.9. The average Bonchev–Trinajstić information content (AvgIpc) is 2.72. The predicted molar refractivity (Wildman–Crippen MR) is 117 cm³/mol. The van der Waals surface area contributed by atoms with Gasteiger partial charge in [0.15, 0.2) is 0 Å². The van der Waals surface area contributed by atoms with Gasteiger partial charge in [0.05, 0.1) is 11.9 Å². The lowest BCUT2D eigenvalue weighted by Gasteiger charge is -2.34. The number of anilines is 1. The summed E-state index contributed by atoms with van der Waals surface area (Å²) in [5, 5.41) is 0. The molecule has 0 bridgehead atoms. The zero-order chi connectivity index (χ0) is 19.3. The molecule has 3 heterocycles. The van der Waals surface area contributed by atoms with E-state index in [2.05, 4.69) is 62.0 Å². The van der Waals surface area contributed by atoms with Crippen LogP contribution in [0.1, 0.15) is 18.9 Å². The molecular formula is C23H22BrN3O. The maximum absolute atomic E-state index is 5.89. The van der Waals surface area contributed by atoms with Crippen molar-refractivity contribution in [2.24, 2.45) is 5.92 Å². The van der Waals surface area contributed by atoms with E-state index in [9.17, 15) is 0 Å². The largest absolute Gasteiger partial charge is 0.439 e. The molecule has 1 fully saturated rings. The van der Waals surface area contributed by atoms with Crippen LogP contribution in [0, 0.1) is 5.92 Å². The molecule has 1 aromatic carbocycles. The second-order valence-corrected chi connectivity index (χ2v) is 7.93. The Balaban J connectivity index is 1.46. The Morgan fingerprint density at radius 1 is 1.14 bits per heavy atom. The van der Waals surface area contributed by atoms with Crippen LogP contribution in [0.2, 0.25) is 0 Å². The van der Waals surface area contributed by atoms with Crippen LogP contribution in [-0.4, -0.2) is 23.1 Å². The highest BCUT2D eigenvalue weighted by Crippen LogP contribution is 2.29. The standard InChI is InChI=1S/C23H22BrN3O/c1-17-16-27(21-5-3-10-25-15-21)11-9-19(17)12-18-4-2-6-22(13-18)28-23-8-7-20(24)14-26-23/h2-8,10,12-15,17H,9,11,16H2,1H3. The van der Waals surface area contributed by atoms with Gasteiger partial charge in [0, 0.05) is 36.0 Å². The van der Waals surface area contributed by atoms with Gasteiger partial charge in [-0.15, -0.1) is 0 Å². The number of aromatic nitrogens is 2. The lowest BCUT2D eigenvalue weighted by atomic mass is 9.91. The van der Waals surface area contributed by atoms with Gasteiger partial charge >= 0.3 is 0 Å². The monoisotopic (exact) mass is 435 g/mol. The lowest BCUT2D eigenvalue weighted by molar-refractivity contribution is 0.462. The summed E-state index contributed by atoms with van der Waals surface area (Å²) in [4.78, 5) is 10.9. The van der Waals surface area contributed by atoms with Crippen LogP contribution in [0.4, 0.5) is 5.69 Å². The molecule has 0 N–H and O–H groups in total. The average molecular weight is 436 g/mol. The van der Waals surface area contributed by atoms with Crippen molar-refractivity contribution in [1.29, 1.82) is 0 Å². The van der Waals surface area contributed by atoms with Crippen molar-refractivity contribution in [2.45, 2.75) is 13.3 Å². The van der Waals surface area contributed by atoms with Gasteiger partial charge in [-0.25, -0.2) is 4.98 Å². The minimum Gasteiger partial charge on any atom is -0.439 e. The minimum atomic E-state index is 0.492. The van der Waals surface area contributed by atoms with Crippen molar-refractivity contribution in [3.63, 3.8) is 0 Å². The summed E-state index contributed by atoms with van der Waals surface area (Å²) in [6.07, 6.45) is 8.85. The Bertz CT molecular complexity index is 957. The van der Waals surface area contributed by atoms with Crippen molar-refractivity contribution < 1.29 is 4.74 Å². The molecule has 0 spiro atoms. The van der Waals surface area contributed by atoms with Gasteiger partial charge in [-0.05, 0) is 64.2 Å². The van der Waals surface area contributed by atoms with Gasteiger partial charge in [-0.2, -0.15) is 0 Å². The smallest absolute Gasteiger partial charge is 0.219 e. The van der Waals surface area contributed by atoms with E-state index >= 15 is 0 Å². The zero-order valence-electron chi connectivity index (χ0n) is 15.8. The van der Waals surface area contributed by atoms with Gasteiger partial charge in [0.1, 0.15) is 5.75 Å². The van der Waals surface area contributed by atoms with E-state index in [4.69, 9.17) is 4.74 Å². The van der Waals surface area contributed by atoms with E-state index in [-0.39, 0.29) is 0 Å². The zero-order valence-corrected chi connectivity index (χ0v) is 17.3. The molecule has 0 saturated carbocycles. The number of hydrogen-bond acceptors (Lipinski definition) is 4. The molecule has 2 aromatic heterocycles. The van der Waals surface area contributed by atoms with Gasteiger partial charge in [-0.3, -0.25) is 4.98 Å². The number of halogens is 1. The molecule has 0 aliphatic carbocycles. The first-order valence-electron chi connectivity index (χ1n) is 9.42. The lowest BCUT2D eigenvalue weighted by Crippen LogP contribution is -2.35. The molecule has 1 saturated heterocycles. The number of nitrogens with zero attached hydrogens (tertiary/aromatic N) is 3. The fourth-order valence-corrected chi connectivity index (χ4v) is 3.70. The molecule has 28 heavy (non-hydrogen) atoms. The molecule has 0 radical (unpaired) electrons. The molecule has 142 valence electrons. The van der Waals surface area contributed by atoms with Gasteiger partial charge in [0.2, 0.25) is 5.88 Å². The summed E-state index contributed by atoms with van der Waals surface area (Å²) < 4.78 is 6.82.